The van der Waals surface area contributed by atoms with Crippen molar-refractivity contribution >= 4 is 5.69 Å². The lowest BCUT2D eigenvalue weighted by Crippen LogP contribution is -2.54. The maximum absolute atomic E-state index is 3.62. The van der Waals surface area contributed by atoms with E-state index in [4.69, 9.17) is 0 Å². The third-order valence-electron chi connectivity index (χ3n) is 4.58. The standard InChI is InChI=1S/C16H25N3/c1-18(2)14-8-6-13(7-9-14)16-12-17-11-15-5-3-4-10-19(15)16/h6-9,15-17H,3-5,10-12H2,1-2H3. The lowest BCUT2D eigenvalue weighted by Gasteiger charge is -2.45. The second kappa shape index (κ2) is 5.51. The minimum atomic E-state index is 0.565. The van der Waals surface area contributed by atoms with Crippen LogP contribution in [-0.2, 0) is 0 Å². The van der Waals surface area contributed by atoms with Gasteiger partial charge < -0.3 is 10.2 Å². The van der Waals surface area contributed by atoms with Crippen LogP contribution in [0.25, 0.3) is 0 Å². The molecule has 3 nitrogen and oxygen atoms in total. The third-order valence-corrected chi connectivity index (χ3v) is 4.58. The summed E-state index contributed by atoms with van der Waals surface area (Å²) in [5.74, 6) is 0. The van der Waals surface area contributed by atoms with Gasteiger partial charge in [-0.25, -0.2) is 0 Å². The van der Waals surface area contributed by atoms with E-state index in [1.165, 1.54) is 43.6 Å². The van der Waals surface area contributed by atoms with E-state index in [-0.39, 0.29) is 0 Å². The summed E-state index contributed by atoms with van der Waals surface area (Å²) in [5.41, 5.74) is 2.74. The fourth-order valence-corrected chi connectivity index (χ4v) is 3.46. The average Bonchev–Trinajstić information content (AvgIpc) is 2.47. The van der Waals surface area contributed by atoms with Gasteiger partial charge in [0.25, 0.3) is 0 Å². The summed E-state index contributed by atoms with van der Waals surface area (Å²) in [6, 6.07) is 10.4. The van der Waals surface area contributed by atoms with E-state index < -0.39 is 0 Å². The molecule has 0 bridgehead atoms. The zero-order chi connectivity index (χ0) is 13.2. The second-order valence-electron chi connectivity index (χ2n) is 6.05. The molecular weight excluding hydrogens is 234 g/mol. The lowest BCUT2D eigenvalue weighted by atomic mass is 9.93. The van der Waals surface area contributed by atoms with Gasteiger partial charge in [-0.3, -0.25) is 4.90 Å². The smallest absolute Gasteiger partial charge is 0.0476 e. The quantitative estimate of drug-likeness (QED) is 0.879. The minimum Gasteiger partial charge on any atom is -0.378 e. The summed E-state index contributed by atoms with van der Waals surface area (Å²) < 4.78 is 0. The van der Waals surface area contributed by atoms with Gasteiger partial charge in [-0.1, -0.05) is 18.6 Å². The van der Waals surface area contributed by atoms with Gasteiger partial charge in [0, 0.05) is 45.0 Å². The predicted molar refractivity (Wildman–Crippen MR) is 80.7 cm³/mol. The molecule has 2 atom stereocenters. The van der Waals surface area contributed by atoms with Gasteiger partial charge in [0.15, 0.2) is 0 Å². The number of piperazine rings is 1. The first-order valence-corrected chi connectivity index (χ1v) is 7.49. The van der Waals surface area contributed by atoms with Crippen LogP contribution in [0.5, 0.6) is 0 Å². The van der Waals surface area contributed by atoms with Gasteiger partial charge in [-0.15, -0.1) is 0 Å². The number of nitrogens with one attached hydrogen (secondary N) is 1. The average molecular weight is 259 g/mol. The van der Waals surface area contributed by atoms with Crippen LogP contribution in [0.2, 0.25) is 0 Å². The summed E-state index contributed by atoms with van der Waals surface area (Å²) in [6.07, 6.45) is 4.12. The first-order chi connectivity index (χ1) is 9.25. The van der Waals surface area contributed by atoms with Crippen molar-refractivity contribution in [2.24, 2.45) is 0 Å². The number of piperidine rings is 1. The van der Waals surface area contributed by atoms with Gasteiger partial charge >= 0.3 is 0 Å². The highest BCUT2D eigenvalue weighted by Gasteiger charge is 2.32. The number of hydrogen-bond donors (Lipinski definition) is 1. The molecule has 2 aliphatic rings. The Bertz CT molecular complexity index is 411. The SMILES string of the molecule is CN(C)c1ccc(C2CNCC3CCCCN32)cc1. The van der Waals surface area contributed by atoms with Crippen LogP contribution in [0.4, 0.5) is 5.69 Å². The molecule has 2 aliphatic heterocycles. The molecule has 2 unspecified atom stereocenters. The third kappa shape index (κ3) is 2.63. The van der Waals surface area contributed by atoms with Crippen molar-refractivity contribution in [3.63, 3.8) is 0 Å². The summed E-state index contributed by atoms with van der Waals surface area (Å²) in [5, 5.41) is 3.62. The number of nitrogens with zero attached hydrogens (tertiary/aromatic N) is 2. The molecule has 0 aliphatic carbocycles. The van der Waals surface area contributed by atoms with E-state index in [0.717, 1.165) is 12.6 Å². The van der Waals surface area contributed by atoms with Gasteiger partial charge in [-0.05, 0) is 37.1 Å². The van der Waals surface area contributed by atoms with E-state index in [2.05, 4.69) is 53.5 Å². The van der Waals surface area contributed by atoms with E-state index in [0.29, 0.717) is 6.04 Å². The number of anilines is 1. The zero-order valence-electron chi connectivity index (χ0n) is 12.1. The fourth-order valence-electron chi connectivity index (χ4n) is 3.46. The molecule has 0 radical (unpaired) electrons. The van der Waals surface area contributed by atoms with E-state index in [1.54, 1.807) is 0 Å². The molecule has 1 aromatic carbocycles. The van der Waals surface area contributed by atoms with Crippen LogP contribution < -0.4 is 10.2 Å². The van der Waals surface area contributed by atoms with Gasteiger partial charge in [0.2, 0.25) is 0 Å². The Morgan fingerprint density at radius 2 is 1.89 bits per heavy atom. The van der Waals surface area contributed by atoms with E-state index >= 15 is 0 Å². The minimum absolute atomic E-state index is 0.565. The van der Waals surface area contributed by atoms with Crippen molar-refractivity contribution in [2.45, 2.75) is 31.3 Å². The number of hydrogen-bond acceptors (Lipinski definition) is 3. The Hall–Kier alpha value is -1.06. The van der Waals surface area contributed by atoms with Crippen LogP contribution in [0.15, 0.2) is 24.3 Å². The molecule has 0 spiro atoms. The first kappa shape index (κ1) is 12.9. The topological polar surface area (TPSA) is 18.5 Å². The lowest BCUT2D eigenvalue weighted by molar-refractivity contribution is 0.0643. The van der Waals surface area contributed by atoms with Gasteiger partial charge in [0.05, 0.1) is 0 Å². The van der Waals surface area contributed by atoms with Crippen molar-refractivity contribution in [3.8, 4) is 0 Å². The largest absolute Gasteiger partial charge is 0.378 e. The zero-order valence-corrected chi connectivity index (χ0v) is 12.1. The van der Waals surface area contributed by atoms with E-state index in [1.807, 2.05) is 0 Å². The second-order valence-corrected chi connectivity index (χ2v) is 6.05. The summed E-state index contributed by atoms with van der Waals surface area (Å²) in [7, 11) is 4.19. The van der Waals surface area contributed by atoms with Crippen LogP contribution in [-0.4, -0.2) is 44.7 Å². The summed E-state index contributed by atoms with van der Waals surface area (Å²) in [6.45, 7) is 3.54. The fraction of sp³-hybridized carbons (Fsp3) is 0.625. The molecule has 3 heteroatoms. The first-order valence-electron chi connectivity index (χ1n) is 7.49. The Labute approximate surface area is 116 Å². The highest BCUT2D eigenvalue weighted by Crippen LogP contribution is 2.31. The molecule has 0 amide bonds. The van der Waals surface area contributed by atoms with Gasteiger partial charge in [-0.2, -0.15) is 0 Å². The van der Waals surface area contributed by atoms with Crippen molar-refractivity contribution in [1.29, 1.82) is 0 Å². The van der Waals surface area contributed by atoms with Crippen molar-refractivity contribution in [3.05, 3.63) is 29.8 Å². The predicted octanol–water partition coefficient (Wildman–Crippen LogP) is 2.25. The number of fused-ring (bicyclic) bond motifs is 1. The molecule has 2 fully saturated rings. The monoisotopic (exact) mass is 259 g/mol. The molecule has 2 saturated heterocycles. The Morgan fingerprint density at radius 1 is 1.11 bits per heavy atom. The number of rotatable bonds is 2. The Balaban J connectivity index is 1.79. The normalized spacial score (nSPS) is 27.9. The van der Waals surface area contributed by atoms with Crippen LogP contribution in [0.1, 0.15) is 30.9 Å². The molecule has 19 heavy (non-hydrogen) atoms. The summed E-state index contributed by atoms with van der Waals surface area (Å²) in [4.78, 5) is 4.89. The van der Waals surface area contributed by atoms with Crippen LogP contribution >= 0.6 is 0 Å². The van der Waals surface area contributed by atoms with Crippen molar-refractivity contribution < 1.29 is 0 Å². The molecule has 1 aromatic rings. The van der Waals surface area contributed by atoms with Crippen molar-refractivity contribution in [1.82, 2.24) is 10.2 Å². The molecule has 2 heterocycles. The molecule has 3 rings (SSSR count). The van der Waals surface area contributed by atoms with Crippen LogP contribution in [0.3, 0.4) is 0 Å². The highest BCUT2D eigenvalue weighted by molar-refractivity contribution is 5.46. The maximum Gasteiger partial charge on any atom is 0.0476 e. The van der Waals surface area contributed by atoms with E-state index in [9.17, 15) is 0 Å². The molecule has 1 N–H and O–H groups in total. The molecule has 0 aromatic heterocycles. The van der Waals surface area contributed by atoms with Gasteiger partial charge in [0.1, 0.15) is 0 Å². The summed E-state index contributed by atoms with van der Waals surface area (Å²) >= 11 is 0. The van der Waals surface area contributed by atoms with Crippen LogP contribution in [0, 0.1) is 0 Å². The number of benzene rings is 1. The molecule has 104 valence electrons. The van der Waals surface area contributed by atoms with Crippen molar-refractivity contribution in [2.75, 3.05) is 38.6 Å². The molecular formula is C16H25N3. The maximum atomic E-state index is 3.62. The highest BCUT2D eigenvalue weighted by atomic mass is 15.3. The Kier molecular flexibility index (Phi) is 3.76. The molecule has 0 saturated carbocycles. The Morgan fingerprint density at radius 3 is 2.63 bits per heavy atom.